The number of fused-ring (bicyclic) bond motifs is 7. The molecule has 3 nitrogen and oxygen atoms in total. The summed E-state index contributed by atoms with van der Waals surface area (Å²) >= 11 is 0. The minimum absolute atomic E-state index is 1.05. The molecule has 0 aliphatic rings. The highest BCUT2D eigenvalue weighted by atomic mass is 15.0. The van der Waals surface area contributed by atoms with Crippen LogP contribution in [-0.2, 0) is 0 Å². The largest absolute Gasteiger partial charge is 0.355 e. The van der Waals surface area contributed by atoms with Crippen molar-refractivity contribution in [3.05, 3.63) is 200 Å². The van der Waals surface area contributed by atoms with Crippen molar-refractivity contribution in [2.75, 3.05) is 5.32 Å². The van der Waals surface area contributed by atoms with E-state index in [9.17, 15) is 0 Å². The Morgan fingerprint density at radius 3 is 1.93 bits per heavy atom. The fourth-order valence-corrected chi connectivity index (χ4v) is 8.47. The maximum Gasteiger partial charge on any atom is 0.0541 e. The normalized spacial score (nSPS) is 11.6. The van der Waals surface area contributed by atoms with Gasteiger partial charge in [-0.3, -0.25) is 0 Å². The summed E-state index contributed by atoms with van der Waals surface area (Å²) in [6.07, 6.45) is 0. The molecule has 0 atom stereocenters. The molecule has 0 aliphatic carbocycles. The summed E-state index contributed by atoms with van der Waals surface area (Å²) in [6.45, 7) is 0. The van der Waals surface area contributed by atoms with Crippen molar-refractivity contribution in [3.63, 3.8) is 0 Å². The summed E-state index contributed by atoms with van der Waals surface area (Å²) < 4.78 is 2.43. The van der Waals surface area contributed by atoms with E-state index in [2.05, 4.69) is 215 Å². The minimum atomic E-state index is 1.05. The van der Waals surface area contributed by atoms with E-state index in [0.29, 0.717) is 0 Å². The second kappa shape index (κ2) is 12.6. The van der Waals surface area contributed by atoms with Gasteiger partial charge in [-0.2, -0.15) is 0 Å². The molecule has 0 amide bonds. The number of para-hydroxylation sites is 2. The second-order valence-electron chi connectivity index (χ2n) is 14.3. The molecule has 11 aromatic rings. The van der Waals surface area contributed by atoms with Gasteiger partial charge in [-0.25, -0.2) is 0 Å². The Morgan fingerprint density at radius 1 is 0.364 bits per heavy atom. The Balaban J connectivity index is 1.08. The van der Waals surface area contributed by atoms with E-state index in [1.165, 1.54) is 71.3 Å². The molecular weight excluding hydrogens is 667 g/mol. The fraction of sp³-hybridized carbons (Fsp3) is 0. The van der Waals surface area contributed by atoms with Crippen molar-refractivity contribution >= 4 is 65.8 Å². The maximum atomic E-state index is 3.82. The monoisotopic (exact) mass is 701 g/mol. The third-order valence-electron chi connectivity index (χ3n) is 11.1. The summed E-state index contributed by atoms with van der Waals surface area (Å²) in [6, 6.07) is 72.4. The van der Waals surface area contributed by atoms with Crippen molar-refractivity contribution in [2.24, 2.45) is 0 Å². The lowest BCUT2D eigenvalue weighted by molar-refractivity contribution is 1.20. The fourth-order valence-electron chi connectivity index (χ4n) is 8.47. The maximum absolute atomic E-state index is 3.82. The number of hydrogen-bond donors (Lipinski definition) is 2. The van der Waals surface area contributed by atoms with E-state index in [0.717, 1.165) is 33.5 Å². The summed E-state index contributed by atoms with van der Waals surface area (Å²) in [5, 5.41) is 11.2. The third kappa shape index (κ3) is 5.28. The third-order valence-corrected chi connectivity index (χ3v) is 11.1. The van der Waals surface area contributed by atoms with Gasteiger partial charge in [0, 0.05) is 54.9 Å². The number of aromatic amines is 1. The van der Waals surface area contributed by atoms with Gasteiger partial charge in [-0.15, -0.1) is 0 Å². The van der Waals surface area contributed by atoms with Crippen LogP contribution < -0.4 is 5.32 Å². The molecule has 55 heavy (non-hydrogen) atoms. The van der Waals surface area contributed by atoms with Gasteiger partial charge in [0.15, 0.2) is 0 Å². The molecule has 0 saturated heterocycles. The van der Waals surface area contributed by atoms with Crippen LogP contribution in [0.25, 0.3) is 93.5 Å². The topological polar surface area (TPSA) is 32.8 Å². The molecule has 0 fully saturated rings. The van der Waals surface area contributed by atoms with Gasteiger partial charge in [0.25, 0.3) is 0 Å². The van der Waals surface area contributed by atoms with Gasteiger partial charge in [0.1, 0.15) is 0 Å². The number of rotatable bonds is 6. The standard InChI is InChI=1S/C52H35N3/c1-2-12-34(13-3-1)36-16-10-17-40(30-36)53-48-27-24-37(31-44(48)39-25-28-49-45(33-39)42-19-6-8-21-47(42)54-49)38-26-29-52-46(32-38)43-20-7-9-22-51(43)55(52)50-23-11-15-35-14-4-5-18-41(35)50/h1-33,53-54H. The summed E-state index contributed by atoms with van der Waals surface area (Å²) in [4.78, 5) is 3.61. The number of aromatic nitrogens is 2. The van der Waals surface area contributed by atoms with Crippen molar-refractivity contribution in [1.82, 2.24) is 9.55 Å². The molecule has 0 spiro atoms. The smallest absolute Gasteiger partial charge is 0.0541 e. The van der Waals surface area contributed by atoms with Crippen LogP contribution in [0.5, 0.6) is 0 Å². The second-order valence-corrected chi connectivity index (χ2v) is 14.3. The van der Waals surface area contributed by atoms with E-state index >= 15 is 0 Å². The van der Waals surface area contributed by atoms with E-state index in [4.69, 9.17) is 0 Å². The van der Waals surface area contributed by atoms with Crippen LogP contribution in [0.2, 0.25) is 0 Å². The van der Waals surface area contributed by atoms with E-state index in [1.807, 2.05) is 0 Å². The molecule has 9 aromatic carbocycles. The predicted molar refractivity (Wildman–Crippen MR) is 234 cm³/mol. The highest BCUT2D eigenvalue weighted by Crippen LogP contribution is 2.41. The van der Waals surface area contributed by atoms with Gasteiger partial charge in [-0.05, 0) is 99.9 Å². The molecule has 0 radical (unpaired) electrons. The van der Waals surface area contributed by atoms with Crippen LogP contribution >= 0.6 is 0 Å². The summed E-state index contributed by atoms with van der Waals surface area (Å²) in [5.41, 5.74) is 15.0. The van der Waals surface area contributed by atoms with Crippen LogP contribution in [0, 0.1) is 0 Å². The van der Waals surface area contributed by atoms with Crippen LogP contribution in [0.1, 0.15) is 0 Å². The summed E-state index contributed by atoms with van der Waals surface area (Å²) in [5.74, 6) is 0. The van der Waals surface area contributed by atoms with Gasteiger partial charge < -0.3 is 14.9 Å². The van der Waals surface area contributed by atoms with Crippen LogP contribution in [0.4, 0.5) is 11.4 Å². The van der Waals surface area contributed by atoms with Gasteiger partial charge in [0.05, 0.1) is 16.7 Å². The zero-order valence-corrected chi connectivity index (χ0v) is 30.0. The lowest BCUT2D eigenvalue weighted by atomic mass is 9.95. The zero-order chi connectivity index (χ0) is 36.3. The number of anilines is 2. The highest BCUT2D eigenvalue weighted by molar-refractivity contribution is 6.12. The average molecular weight is 702 g/mol. The molecule has 11 rings (SSSR count). The van der Waals surface area contributed by atoms with E-state index < -0.39 is 0 Å². The molecule has 0 aliphatic heterocycles. The zero-order valence-electron chi connectivity index (χ0n) is 30.0. The number of hydrogen-bond acceptors (Lipinski definition) is 1. The van der Waals surface area contributed by atoms with Crippen LogP contribution in [0.3, 0.4) is 0 Å². The Labute approximate surface area is 318 Å². The van der Waals surface area contributed by atoms with Crippen LogP contribution in [-0.4, -0.2) is 9.55 Å². The summed E-state index contributed by atoms with van der Waals surface area (Å²) in [7, 11) is 0. The number of nitrogens with one attached hydrogen (secondary N) is 2. The van der Waals surface area contributed by atoms with Crippen molar-refractivity contribution in [2.45, 2.75) is 0 Å². The molecule has 2 N–H and O–H groups in total. The molecule has 2 heterocycles. The van der Waals surface area contributed by atoms with E-state index in [-0.39, 0.29) is 0 Å². The Kier molecular flexibility index (Phi) is 7.17. The van der Waals surface area contributed by atoms with E-state index in [1.54, 1.807) is 0 Å². The van der Waals surface area contributed by atoms with Crippen molar-refractivity contribution in [1.29, 1.82) is 0 Å². The first-order valence-corrected chi connectivity index (χ1v) is 18.8. The molecule has 0 unspecified atom stereocenters. The van der Waals surface area contributed by atoms with Crippen LogP contribution in [0.15, 0.2) is 200 Å². The average Bonchev–Trinajstić information content (AvgIpc) is 3.79. The SMILES string of the molecule is c1ccc(-c2cccc(Nc3ccc(-c4ccc5c(c4)c4ccccc4n5-c4cccc5ccccc45)cc3-c3ccc4[nH]c5ccccc5c4c3)c2)cc1. The molecule has 0 saturated carbocycles. The minimum Gasteiger partial charge on any atom is -0.355 e. The molecular formula is C52H35N3. The molecule has 0 bridgehead atoms. The Morgan fingerprint density at radius 2 is 1.00 bits per heavy atom. The van der Waals surface area contributed by atoms with Gasteiger partial charge in [-0.1, -0.05) is 133 Å². The first-order chi connectivity index (χ1) is 27.2. The lowest BCUT2D eigenvalue weighted by Crippen LogP contribution is -1.95. The first kappa shape index (κ1) is 31.2. The number of H-pyrrole nitrogens is 1. The van der Waals surface area contributed by atoms with Crippen molar-refractivity contribution < 1.29 is 0 Å². The number of benzene rings is 9. The quantitative estimate of drug-likeness (QED) is 0.178. The Hall–Kier alpha value is -7.36. The van der Waals surface area contributed by atoms with Gasteiger partial charge in [0.2, 0.25) is 0 Å². The molecule has 258 valence electrons. The molecule has 2 aromatic heterocycles. The highest BCUT2D eigenvalue weighted by Gasteiger charge is 2.17. The lowest BCUT2D eigenvalue weighted by Gasteiger charge is -2.16. The van der Waals surface area contributed by atoms with Gasteiger partial charge >= 0.3 is 0 Å². The first-order valence-electron chi connectivity index (χ1n) is 18.8. The molecule has 3 heteroatoms. The number of nitrogens with zero attached hydrogens (tertiary/aromatic N) is 1. The Bertz CT molecular complexity index is 3230. The van der Waals surface area contributed by atoms with Crippen molar-refractivity contribution in [3.8, 4) is 39.1 Å². The predicted octanol–water partition coefficient (Wildman–Crippen LogP) is 14.3.